The number of aliphatic hydroxyl groups excluding tert-OH is 4. The molecule has 15 atom stereocenters. The maximum absolute atomic E-state index is 12.5. The van der Waals surface area contributed by atoms with Gasteiger partial charge in [-0.25, -0.2) is 0 Å². The summed E-state index contributed by atoms with van der Waals surface area (Å²) in [6.07, 6.45) is 0.627. The molecule has 0 radical (unpaired) electrons. The molecule has 47 heavy (non-hydrogen) atoms. The van der Waals surface area contributed by atoms with E-state index in [0.717, 1.165) is 44.9 Å². The lowest BCUT2D eigenvalue weighted by molar-refractivity contribution is -0.303. The number of hydrogen-bond donors (Lipinski definition) is 5. The normalized spacial score (nSPS) is 52.2. The van der Waals surface area contributed by atoms with Crippen molar-refractivity contribution >= 4 is 5.97 Å². The lowest BCUT2D eigenvalue weighted by Gasteiger charge is -2.63. The summed E-state index contributed by atoms with van der Waals surface area (Å²) in [5.41, 5.74) is -0.669. The molecule has 5 fully saturated rings. The third kappa shape index (κ3) is 4.43. The molecule has 0 amide bonds. The lowest BCUT2D eigenvalue weighted by atomic mass is 9.41. The van der Waals surface area contributed by atoms with E-state index >= 15 is 0 Å². The van der Waals surface area contributed by atoms with Crippen molar-refractivity contribution in [2.75, 3.05) is 6.61 Å². The van der Waals surface area contributed by atoms with Gasteiger partial charge in [0.1, 0.15) is 36.3 Å². The van der Waals surface area contributed by atoms with Gasteiger partial charge in [-0.2, -0.15) is 0 Å². The summed E-state index contributed by atoms with van der Waals surface area (Å²) in [6.45, 7) is 16.0. The molecule has 2 aliphatic heterocycles. The highest BCUT2D eigenvalue weighted by Crippen LogP contribution is 2.89. The minimum Gasteiger partial charge on any atom is -0.488 e. The van der Waals surface area contributed by atoms with Gasteiger partial charge in [-0.3, -0.25) is 4.79 Å². The van der Waals surface area contributed by atoms with Gasteiger partial charge < -0.3 is 44.5 Å². The zero-order valence-electron chi connectivity index (χ0n) is 29.5. The molecular weight excluding hydrogens is 604 g/mol. The molecule has 266 valence electrons. The van der Waals surface area contributed by atoms with Crippen molar-refractivity contribution in [2.45, 2.75) is 161 Å². The Kier molecular flexibility index (Phi) is 7.73. The van der Waals surface area contributed by atoms with Crippen LogP contribution in [-0.4, -0.2) is 92.7 Å². The first-order valence-electron chi connectivity index (χ1n) is 18.1. The van der Waals surface area contributed by atoms with Crippen molar-refractivity contribution in [3.05, 3.63) is 11.3 Å². The number of aliphatic hydroxyl groups is 5. The predicted octanol–water partition coefficient (Wildman–Crippen LogP) is 3.60. The summed E-state index contributed by atoms with van der Waals surface area (Å²) in [5, 5.41) is 54.3. The van der Waals surface area contributed by atoms with E-state index in [2.05, 4.69) is 34.6 Å². The molecule has 0 aromatic heterocycles. The number of hydrogen-bond acceptors (Lipinski definition) is 10. The number of carbonyl (C=O) groups is 1. The first-order chi connectivity index (χ1) is 21.8. The average Bonchev–Trinajstić information content (AvgIpc) is 3.61. The molecule has 10 heteroatoms. The number of rotatable bonds is 5. The average molecular weight is 663 g/mol. The van der Waals surface area contributed by atoms with E-state index in [1.807, 2.05) is 0 Å². The van der Waals surface area contributed by atoms with E-state index in [9.17, 15) is 30.3 Å². The largest absolute Gasteiger partial charge is 0.488 e. The maximum atomic E-state index is 12.5. The summed E-state index contributed by atoms with van der Waals surface area (Å²) in [6, 6.07) is 0. The smallest absolute Gasteiger partial charge is 0.303 e. The van der Waals surface area contributed by atoms with E-state index in [-0.39, 0.29) is 40.3 Å². The topological polar surface area (TPSA) is 155 Å². The number of allylic oxidation sites excluding steroid dienone is 1. The fraction of sp³-hybridized carbons (Fsp3) is 0.919. The van der Waals surface area contributed by atoms with Gasteiger partial charge in [0.25, 0.3) is 0 Å². The Balaban J connectivity index is 1.15. The van der Waals surface area contributed by atoms with Crippen molar-refractivity contribution in [2.24, 2.45) is 44.8 Å². The minimum atomic E-state index is -1.31. The fourth-order valence-electron chi connectivity index (χ4n) is 13.0. The van der Waals surface area contributed by atoms with Crippen LogP contribution in [0, 0.1) is 44.8 Å². The fourth-order valence-corrected chi connectivity index (χ4v) is 13.0. The minimum absolute atomic E-state index is 0.0723. The van der Waals surface area contributed by atoms with E-state index in [1.54, 1.807) is 13.8 Å². The molecule has 5 N–H and O–H groups in total. The van der Waals surface area contributed by atoms with E-state index in [1.165, 1.54) is 12.5 Å². The van der Waals surface area contributed by atoms with Crippen LogP contribution in [0.3, 0.4) is 0 Å². The highest BCUT2D eigenvalue weighted by atomic mass is 16.7. The molecule has 7 aliphatic rings. The quantitative estimate of drug-likeness (QED) is 0.218. The monoisotopic (exact) mass is 662 g/mol. The van der Waals surface area contributed by atoms with E-state index < -0.39 is 59.9 Å². The van der Waals surface area contributed by atoms with Crippen molar-refractivity contribution < 1.29 is 49.3 Å². The molecule has 4 saturated carbocycles. The van der Waals surface area contributed by atoms with Crippen LogP contribution >= 0.6 is 0 Å². The summed E-state index contributed by atoms with van der Waals surface area (Å²) >= 11 is 0. The summed E-state index contributed by atoms with van der Waals surface area (Å²) < 4.78 is 24.4. The number of esters is 1. The van der Waals surface area contributed by atoms with Gasteiger partial charge in [-0.1, -0.05) is 34.6 Å². The highest BCUT2D eigenvalue weighted by Gasteiger charge is 2.83. The predicted molar refractivity (Wildman–Crippen MR) is 170 cm³/mol. The molecule has 7 rings (SSSR count). The van der Waals surface area contributed by atoms with Crippen LogP contribution in [-0.2, 0) is 23.7 Å². The number of ether oxygens (including phenoxy) is 4. The second kappa shape index (κ2) is 10.6. The zero-order valence-corrected chi connectivity index (χ0v) is 29.5. The van der Waals surface area contributed by atoms with Crippen molar-refractivity contribution in [3.8, 4) is 0 Å². The first-order valence-corrected chi connectivity index (χ1v) is 18.1. The molecule has 0 aromatic rings. The Labute approximate surface area is 279 Å². The second-order valence-corrected chi connectivity index (χ2v) is 18.2. The molecule has 5 aliphatic carbocycles. The molecule has 10 nitrogen and oxygen atoms in total. The van der Waals surface area contributed by atoms with Crippen LogP contribution < -0.4 is 0 Å². The lowest BCUT2D eigenvalue weighted by Crippen LogP contribution is -2.61. The molecule has 2 heterocycles. The summed E-state index contributed by atoms with van der Waals surface area (Å²) in [4.78, 5) is 12.0. The van der Waals surface area contributed by atoms with Gasteiger partial charge in [-0.15, -0.1) is 0 Å². The van der Waals surface area contributed by atoms with Crippen LogP contribution in [0.4, 0.5) is 0 Å². The zero-order chi connectivity index (χ0) is 34.3. The molecule has 1 saturated heterocycles. The van der Waals surface area contributed by atoms with Crippen molar-refractivity contribution in [3.63, 3.8) is 0 Å². The number of fused-ring (bicyclic) bond motifs is 3. The molecular formula is C37H58O10. The van der Waals surface area contributed by atoms with Gasteiger partial charge in [0.2, 0.25) is 0 Å². The van der Waals surface area contributed by atoms with E-state index in [4.69, 9.17) is 18.9 Å². The van der Waals surface area contributed by atoms with Gasteiger partial charge in [0.15, 0.2) is 12.4 Å². The number of carbonyl (C=O) groups excluding carboxylic acids is 1. The van der Waals surface area contributed by atoms with Crippen LogP contribution in [0.5, 0.6) is 0 Å². The Morgan fingerprint density at radius 2 is 1.62 bits per heavy atom. The molecule has 0 bridgehead atoms. The molecule has 1 unspecified atom stereocenters. The Morgan fingerprint density at radius 1 is 0.957 bits per heavy atom. The Morgan fingerprint density at radius 3 is 2.28 bits per heavy atom. The van der Waals surface area contributed by atoms with Crippen LogP contribution in [0.1, 0.15) is 107 Å². The highest BCUT2D eigenvalue weighted by molar-refractivity contribution is 5.66. The SMILES string of the molecule is CC(=O)O[C@@H]([C@H]1C[C@@H](C)C2=C(O1)[C@H](O)[C@@]1(C)[C@@H]3CC[C@H]4C(C)(C)[C@@H](OC5OC[C@H](O)[C@H](O)[C@H]5O)CC[C@@]45C[C@@]35CC[C@]21C)C(C)(C)O. The summed E-state index contributed by atoms with van der Waals surface area (Å²) in [7, 11) is 0. The van der Waals surface area contributed by atoms with Gasteiger partial charge in [0, 0.05) is 17.8 Å². The summed E-state index contributed by atoms with van der Waals surface area (Å²) in [5.74, 6) is 1.00. The van der Waals surface area contributed by atoms with Crippen molar-refractivity contribution in [1.29, 1.82) is 0 Å². The van der Waals surface area contributed by atoms with Gasteiger partial charge in [-0.05, 0) is 105 Å². The molecule has 2 spiro atoms. The second-order valence-electron chi connectivity index (χ2n) is 18.2. The van der Waals surface area contributed by atoms with Gasteiger partial charge in [0.05, 0.1) is 18.3 Å². The van der Waals surface area contributed by atoms with Gasteiger partial charge >= 0.3 is 5.97 Å². The van der Waals surface area contributed by atoms with Crippen LogP contribution in [0.2, 0.25) is 0 Å². The first kappa shape index (κ1) is 34.2. The Bertz CT molecular complexity index is 1320. The third-order valence-electron chi connectivity index (χ3n) is 15.3. The maximum Gasteiger partial charge on any atom is 0.303 e. The van der Waals surface area contributed by atoms with Crippen LogP contribution in [0.25, 0.3) is 0 Å². The third-order valence-corrected chi connectivity index (χ3v) is 15.3. The molecule has 0 aromatic carbocycles. The van der Waals surface area contributed by atoms with Crippen LogP contribution in [0.15, 0.2) is 11.3 Å². The standard InChI is InChI=1S/C37H58O10/c1-18-15-21(30(33(5,6)43)45-19(2)38)46-28-25(18)34(7)13-14-37-17-36(37)12-11-24(47-31-27(41)26(40)20(39)16-44-31)32(3,4)22(36)9-10-23(37)35(34,8)29(28)42/h18,20-24,26-27,29-31,39-43H,9-17H2,1-8H3/t18-,20+,21-,22+,23+,24+,26+,27-,29+,30+,31?,34-,35-,36-,37+/m1/s1. The van der Waals surface area contributed by atoms with Crippen molar-refractivity contribution in [1.82, 2.24) is 0 Å². The Hall–Kier alpha value is -1.27. The van der Waals surface area contributed by atoms with E-state index in [0.29, 0.717) is 24.0 Å².